The Morgan fingerprint density at radius 3 is 2.55 bits per heavy atom. The number of hydrogen-bond acceptors (Lipinski definition) is 3. The molecule has 0 aliphatic heterocycles. The van der Waals surface area contributed by atoms with Crippen LogP contribution in [0.3, 0.4) is 0 Å². The standard InChI is InChI=1S/C16H14N4/c1-11(2)20-15-4-3-12(7-17)5-13(15)6-16(20)14-8-18-10-19-9-14/h3-6,8-11H,1-2H3. The summed E-state index contributed by atoms with van der Waals surface area (Å²) >= 11 is 0. The van der Waals surface area contributed by atoms with Crippen LogP contribution in [0.25, 0.3) is 22.2 Å². The van der Waals surface area contributed by atoms with Gasteiger partial charge in [-0.05, 0) is 38.1 Å². The van der Waals surface area contributed by atoms with Crippen molar-refractivity contribution in [2.24, 2.45) is 0 Å². The summed E-state index contributed by atoms with van der Waals surface area (Å²) in [4.78, 5) is 8.18. The van der Waals surface area contributed by atoms with Gasteiger partial charge in [0.1, 0.15) is 6.33 Å². The molecular weight excluding hydrogens is 248 g/mol. The van der Waals surface area contributed by atoms with E-state index < -0.39 is 0 Å². The number of fused-ring (bicyclic) bond motifs is 1. The Kier molecular flexibility index (Phi) is 2.96. The summed E-state index contributed by atoms with van der Waals surface area (Å²) in [5.41, 5.74) is 3.86. The Hall–Kier alpha value is -2.67. The lowest BCUT2D eigenvalue weighted by atomic mass is 10.1. The van der Waals surface area contributed by atoms with E-state index in [2.05, 4.69) is 40.5 Å². The molecule has 3 aromatic rings. The average molecular weight is 262 g/mol. The van der Waals surface area contributed by atoms with Crippen LogP contribution >= 0.6 is 0 Å². The Morgan fingerprint density at radius 1 is 1.15 bits per heavy atom. The van der Waals surface area contributed by atoms with Gasteiger partial charge in [0.15, 0.2) is 0 Å². The first-order chi connectivity index (χ1) is 9.70. The molecular formula is C16H14N4. The van der Waals surface area contributed by atoms with Crippen molar-refractivity contribution in [1.29, 1.82) is 5.26 Å². The van der Waals surface area contributed by atoms with Crippen molar-refractivity contribution in [3.8, 4) is 17.3 Å². The van der Waals surface area contributed by atoms with E-state index in [1.54, 1.807) is 0 Å². The van der Waals surface area contributed by atoms with E-state index in [9.17, 15) is 0 Å². The van der Waals surface area contributed by atoms with E-state index in [4.69, 9.17) is 5.26 Å². The van der Waals surface area contributed by atoms with Crippen molar-refractivity contribution in [2.45, 2.75) is 19.9 Å². The van der Waals surface area contributed by atoms with E-state index >= 15 is 0 Å². The Bertz CT molecular complexity index is 794. The number of nitriles is 1. The first-order valence-electron chi connectivity index (χ1n) is 6.51. The number of rotatable bonds is 2. The zero-order valence-electron chi connectivity index (χ0n) is 11.4. The predicted molar refractivity (Wildman–Crippen MR) is 78.1 cm³/mol. The van der Waals surface area contributed by atoms with Gasteiger partial charge in [0.05, 0.1) is 17.3 Å². The second-order valence-electron chi connectivity index (χ2n) is 5.01. The molecule has 2 heterocycles. The molecule has 0 bridgehead atoms. The third-order valence-electron chi connectivity index (χ3n) is 3.34. The van der Waals surface area contributed by atoms with Crippen molar-refractivity contribution in [3.63, 3.8) is 0 Å². The second kappa shape index (κ2) is 4.78. The van der Waals surface area contributed by atoms with Crippen LogP contribution in [0.1, 0.15) is 25.5 Å². The molecule has 0 saturated heterocycles. The molecule has 3 rings (SSSR count). The quantitative estimate of drug-likeness (QED) is 0.709. The van der Waals surface area contributed by atoms with Crippen LogP contribution in [-0.4, -0.2) is 14.5 Å². The fraction of sp³-hybridized carbons (Fsp3) is 0.188. The summed E-state index contributed by atoms with van der Waals surface area (Å²) in [6, 6.07) is 10.4. The van der Waals surface area contributed by atoms with Crippen LogP contribution in [0.15, 0.2) is 43.0 Å². The molecule has 20 heavy (non-hydrogen) atoms. The summed E-state index contributed by atoms with van der Waals surface area (Å²) in [6.07, 6.45) is 5.15. The normalized spacial score (nSPS) is 10.9. The summed E-state index contributed by atoms with van der Waals surface area (Å²) in [6.45, 7) is 4.29. The van der Waals surface area contributed by atoms with Gasteiger partial charge in [0.2, 0.25) is 0 Å². The molecule has 98 valence electrons. The molecule has 0 atom stereocenters. The molecule has 0 spiro atoms. The summed E-state index contributed by atoms with van der Waals surface area (Å²) < 4.78 is 2.25. The molecule has 0 aliphatic rings. The van der Waals surface area contributed by atoms with Gasteiger partial charge in [-0.1, -0.05) is 0 Å². The zero-order chi connectivity index (χ0) is 14.1. The molecule has 4 heteroatoms. The highest BCUT2D eigenvalue weighted by molar-refractivity contribution is 5.88. The molecule has 0 saturated carbocycles. The first-order valence-corrected chi connectivity index (χ1v) is 6.51. The van der Waals surface area contributed by atoms with Crippen LogP contribution in [0.5, 0.6) is 0 Å². The smallest absolute Gasteiger partial charge is 0.115 e. The van der Waals surface area contributed by atoms with Crippen molar-refractivity contribution >= 4 is 10.9 Å². The minimum atomic E-state index is 0.315. The number of hydrogen-bond donors (Lipinski definition) is 0. The molecule has 0 N–H and O–H groups in total. The highest BCUT2D eigenvalue weighted by Crippen LogP contribution is 2.31. The van der Waals surface area contributed by atoms with Gasteiger partial charge in [-0.2, -0.15) is 5.26 Å². The minimum Gasteiger partial charge on any atom is -0.338 e. The van der Waals surface area contributed by atoms with Crippen LogP contribution in [0.4, 0.5) is 0 Å². The van der Waals surface area contributed by atoms with Gasteiger partial charge in [0.25, 0.3) is 0 Å². The van der Waals surface area contributed by atoms with Crippen molar-refractivity contribution in [1.82, 2.24) is 14.5 Å². The molecule has 4 nitrogen and oxygen atoms in total. The highest BCUT2D eigenvalue weighted by Gasteiger charge is 2.13. The first kappa shape index (κ1) is 12.4. The maximum absolute atomic E-state index is 9.02. The molecule has 1 aromatic carbocycles. The molecule has 0 amide bonds. The Labute approximate surface area is 117 Å². The fourth-order valence-electron chi connectivity index (χ4n) is 2.52. The van der Waals surface area contributed by atoms with Crippen LogP contribution in [0.2, 0.25) is 0 Å². The maximum Gasteiger partial charge on any atom is 0.115 e. The van der Waals surface area contributed by atoms with E-state index in [1.165, 1.54) is 6.33 Å². The lowest BCUT2D eigenvalue weighted by molar-refractivity contribution is 0.628. The van der Waals surface area contributed by atoms with Gasteiger partial charge in [-0.3, -0.25) is 0 Å². The van der Waals surface area contributed by atoms with Crippen LogP contribution in [-0.2, 0) is 0 Å². The minimum absolute atomic E-state index is 0.315. The summed E-state index contributed by atoms with van der Waals surface area (Å²) in [5.74, 6) is 0. The number of nitrogens with zero attached hydrogens (tertiary/aromatic N) is 4. The summed E-state index contributed by atoms with van der Waals surface area (Å²) in [7, 11) is 0. The molecule has 0 aliphatic carbocycles. The van der Waals surface area contributed by atoms with Gasteiger partial charge >= 0.3 is 0 Å². The lowest BCUT2D eigenvalue weighted by Crippen LogP contribution is -2.02. The molecule has 2 aromatic heterocycles. The topological polar surface area (TPSA) is 54.5 Å². The Balaban J connectivity index is 2.32. The van der Waals surface area contributed by atoms with Crippen molar-refractivity contribution in [2.75, 3.05) is 0 Å². The van der Waals surface area contributed by atoms with E-state index in [-0.39, 0.29) is 0 Å². The van der Waals surface area contributed by atoms with Crippen LogP contribution in [0, 0.1) is 11.3 Å². The zero-order valence-corrected chi connectivity index (χ0v) is 11.4. The third-order valence-corrected chi connectivity index (χ3v) is 3.34. The van der Waals surface area contributed by atoms with Crippen LogP contribution < -0.4 is 0 Å². The van der Waals surface area contributed by atoms with Gasteiger partial charge < -0.3 is 4.57 Å². The average Bonchev–Trinajstić information content (AvgIpc) is 2.86. The number of aromatic nitrogens is 3. The number of benzene rings is 1. The fourth-order valence-corrected chi connectivity index (χ4v) is 2.52. The van der Waals surface area contributed by atoms with E-state index in [0.717, 1.165) is 22.2 Å². The van der Waals surface area contributed by atoms with Gasteiger partial charge in [0, 0.05) is 34.9 Å². The third kappa shape index (κ3) is 1.94. The van der Waals surface area contributed by atoms with E-state index in [0.29, 0.717) is 11.6 Å². The van der Waals surface area contributed by atoms with Gasteiger partial charge in [-0.15, -0.1) is 0 Å². The maximum atomic E-state index is 9.02. The molecule has 0 fully saturated rings. The predicted octanol–water partition coefficient (Wildman–Crippen LogP) is 3.55. The monoisotopic (exact) mass is 262 g/mol. The Morgan fingerprint density at radius 2 is 1.90 bits per heavy atom. The SMILES string of the molecule is CC(C)n1c(-c2cncnc2)cc2cc(C#N)ccc21. The lowest BCUT2D eigenvalue weighted by Gasteiger charge is -2.14. The van der Waals surface area contributed by atoms with Crippen molar-refractivity contribution in [3.05, 3.63) is 48.5 Å². The summed E-state index contributed by atoms with van der Waals surface area (Å²) in [5, 5.41) is 10.1. The second-order valence-corrected chi connectivity index (χ2v) is 5.01. The molecule has 0 radical (unpaired) electrons. The van der Waals surface area contributed by atoms with Gasteiger partial charge in [-0.25, -0.2) is 9.97 Å². The molecule has 0 unspecified atom stereocenters. The van der Waals surface area contributed by atoms with E-state index in [1.807, 2.05) is 30.6 Å². The highest BCUT2D eigenvalue weighted by atomic mass is 15.0. The van der Waals surface area contributed by atoms with Crippen molar-refractivity contribution < 1.29 is 0 Å². The largest absolute Gasteiger partial charge is 0.338 e.